The second kappa shape index (κ2) is 6.05. The van der Waals surface area contributed by atoms with Gasteiger partial charge >= 0.3 is 0 Å². The molecule has 7 nitrogen and oxygen atoms in total. The molecule has 124 valence electrons. The molecule has 1 aliphatic heterocycles. The van der Waals surface area contributed by atoms with Gasteiger partial charge in [-0.3, -0.25) is 9.80 Å². The van der Waals surface area contributed by atoms with E-state index in [1.165, 1.54) is 12.8 Å². The monoisotopic (exact) mass is 316 g/mol. The van der Waals surface area contributed by atoms with Crippen LogP contribution in [0.25, 0.3) is 0 Å². The molecule has 1 atom stereocenters. The van der Waals surface area contributed by atoms with Gasteiger partial charge in [0, 0.05) is 51.0 Å². The van der Waals surface area contributed by atoms with Crippen molar-refractivity contribution in [3.05, 3.63) is 29.9 Å². The van der Waals surface area contributed by atoms with E-state index in [0.717, 1.165) is 50.3 Å². The van der Waals surface area contributed by atoms with E-state index in [2.05, 4.69) is 43.5 Å². The summed E-state index contributed by atoms with van der Waals surface area (Å²) < 4.78 is 7.50. The average molecular weight is 316 g/mol. The van der Waals surface area contributed by atoms with E-state index in [1.807, 2.05) is 12.4 Å². The second-order valence-electron chi connectivity index (χ2n) is 6.83. The summed E-state index contributed by atoms with van der Waals surface area (Å²) in [5.41, 5.74) is 0. The molecule has 0 spiro atoms. The van der Waals surface area contributed by atoms with Crippen LogP contribution in [0.5, 0.6) is 0 Å². The SMILES string of the molecule is C[C@@H]1CN(Cc2nc(C3CC3)no2)CCN1Cc1nccn1C. The molecule has 3 heterocycles. The number of rotatable bonds is 5. The number of aromatic nitrogens is 4. The van der Waals surface area contributed by atoms with E-state index < -0.39 is 0 Å². The first-order chi connectivity index (χ1) is 11.2. The Labute approximate surface area is 136 Å². The molecule has 0 radical (unpaired) electrons. The lowest BCUT2D eigenvalue weighted by molar-refractivity contribution is 0.0645. The van der Waals surface area contributed by atoms with Gasteiger partial charge in [0.05, 0.1) is 13.1 Å². The third-order valence-electron chi connectivity index (χ3n) is 4.90. The first-order valence-electron chi connectivity index (χ1n) is 8.44. The zero-order valence-corrected chi connectivity index (χ0v) is 13.9. The summed E-state index contributed by atoms with van der Waals surface area (Å²) in [6, 6.07) is 0.492. The minimum Gasteiger partial charge on any atom is -0.338 e. The molecular formula is C16H24N6O. The van der Waals surface area contributed by atoms with Crippen LogP contribution in [-0.2, 0) is 20.1 Å². The Morgan fingerprint density at radius 3 is 2.83 bits per heavy atom. The van der Waals surface area contributed by atoms with Gasteiger partial charge < -0.3 is 9.09 Å². The van der Waals surface area contributed by atoms with Crippen LogP contribution in [0.15, 0.2) is 16.9 Å². The molecule has 0 N–H and O–H groups in total. The summed E-state index contributed by atoms with van der Waals surface area (Å²) in [7, 11) is 2.05. The molecule has 0 unspecified atom stereocenters. The van der Waals surface area contributed by atoms with Crippen LogP contribution in [0.1, 0.15) is 43.2 Å². The molecule has 23 heavy (non-hydrogen) atoms. The number of hydrogen-bond donors (Lipinski definition) is 0. The molecule has 0 amide bonds. The topological polar surface area (TPSA) is 63.2 Å². The standard InChI is InChI=1S/C16H24N6O/c1-12-9-21(11-15-18-16(19-23-15)13-3-4-13)7-8-22(12)10-14-17-5-6-20(14)2/h5-6,12-13H,3-4,7-11H2,1-2H3/t12-/m1/s1. The Kier molecular flexibility index (Phi) is 3.90. The number of imidazole rings is 1. The summed E-state index contributed by atoms with van der Waals surface area (Å²) in [5, 5.41) is 4.10. The Morgan fingerprint density at radius 2 is 2.13 bits per heavy atom. The maximum Gasteiger partial charge on any atom is 0.240 e. The van der Waals surface area contributed by atoms with Crippen LogP contribution < -0.4 is 0 Å². The molecular weight excluding hydrogens is 292 g/mol. The van der Waals surface area contributed by atoms with E-state index in [0.29, 0.717) is 12.0 Å². The normalized spacial score (nSPS) is 23.5. The molecule has 1 saturated carbocycles. The summed E-state index contributed by atoms with van der Waals surface area (Å²) in [5.74, 6) is 3.34. The fourth-order valence-electron chi connectivity index (χ4n) is 3.21. The maximum atomic E-state index is 5.40. The molecule has 7 heteroatoms. The van der Waals surface area contributed by atoms with Crippen molar-refractivity contribution in [2.24, 2.45) is 7.05 Å². The van der Waals surface area contributed by atoms with Gasteiger partial charge in [-0.25, -0.2) is 4.98 Å². The quantitative estimate of drug-likeness (QED) is 0.830. The Bertz CT molecular complexity index is 661. The third kappa shape index (κ3) is 3.30. The summed E-state index contributed by atoms with van der Waals surface area (Å²) in [6.07, 6.45) is 6.29. The van der Waals surface area contributed by atoms with Crippen molar-refractivity contribution < 1.29 is 4.52 Å². The van der Waals surface area contributed by atoms with E-state index in [4.69, 9.17) is 4.52 Å². The molecule has 2 fully saturated rings. The van der Waals surface area contributed by atoms with Gasteiger partial charge in [-0.15, -0.1) is 0 Å². The van der Waals surface area contributed by atoms with E-state index in [9.17, 15) is 0 Å². The summed E-state index contributed by atoms with van der Waals surface area (Å²) in [4.78, 5) is 13.9. The van der Waals surface area contributed by atoms with Crippen molar-refractivity contribution in [2.75, 3.05) is 19.6 Å². The van der Waals surface area contributed by atoms with Crippen molar-refractivity contribution >= 4 is 0 Å². The lowest BCUT2D eigenvalue weighted by Crippen LogP contribution is -2.51. The predicted octanol–water partition coefficient (Wildman–Crippen LogP) is 1.39. The predicted molar refractivity (Wildman–Crippen MR) is 84.6 cm³/mol. The first-order valence-corrected chi connectivity index (χ1v) is 8.44. The Balaban J connectivity index is 1.32. The lowest BCUT2D eigenvalue weighted by atomic mass is 10.2. The first kappa shape index (κ1) is 14.8. The van der Waals surface area contributed by atoms with Crippen molar-refractivity contribution in [1.29, 1.82) is 0 Å². The van der Waals surface area contributed by atoms with E-state index >= 15 is 0 Å². The van der Waals surface area contributed by atoms with Gasteiger partial charge in [0.15, 0.2) is 5.82 Å². The smallest absolute Gasteiger partial charge is 0.240 e. The maximum absolute atomic E-state index is 5.40. The lowest BCUT2D eigenvalue weighted by Gasteiger charge is -2.39. The Morgan fingerprint density at radius 1 is 1.26 bits per heavy atom. The zero-order valence-electron chi connectivity index (χ0n) is 13.9. The number of nitrogens with zero attached hydrogens (tertiary/aromatic N) is 6. The van der Waals surface area contributed by atoms with Gasteiger partial charge in [0.25, 0.3) is 0 Å². The van der Waals surface area contributed by atoms with Gasteiger partial charge in [-0.1, -0.05) is 5.16 Å². The van der Waals surface area contributed by atoms with Crippen LogP contribution in [0.2, 0.25) is 0 Å². The molecule has 0 bridgehead atoms. The highest BCUT2D eigenvalue weighted by Gasteiger charge is 2.30. The summed E-state index contributed by atoms with van der Waals surface area (Å²) in [6.45, 7) is 7.03. The average Bonchev–Trinajstić information content (AvgIpc) is 3.15. The molecule has 1 aliphatic carbocycles. The molecule has 2 aromatic heterocycles. The molecule has 4 rings (SSSR count). The van der Waals surface area contributed by atoms with Gasteiger partial charge in [0.1, 0.15) is 5.82 Å². The van der Waals surface area contributed by atoms with Crippen molar-refractivity contribution in [3.63, 3.8) is 0 Å². The van der Waals surface area contributed by atoms with E-state index in [1.54, 1.807) is 0 Å². The van der Waals surface area contributed by atoms with Crippen molar-refractivity contribution in [1.82, 2.24) is 29.5 Å². The van der Waals surface area contributed by atoms with Crippen LogP contribution in [0.3, 0.4) is 0 Å². The van der Waals surface area contributed by atoms with Crippen LogP contribution in [0.4, 0.5) is 0 Å². The Hall–Kier alpha value is -1.73. The largest absolute Gasteiger partial charge is 0.338 e. The van der Waals surface area contributed by atoms with Crippen molar-refractivity contribution in [2.45, 2.75) is 44.8 Å². The molecule has 2 aliphatic rings. The number of hydrogen-bond acceptors (Lipinski definition) is 6. The number of aryl methyl sites for hydroxylation is 1. The fraction of sp³-hybridized carbons (Fsp3) is 0.688. The van der Waals surface area contributed by atoms with Gasteiger partial charge in [-0.05, 0) is 19.8 Å². The zero-order chi connectivity index (χ0) is 15.8. The van der Waals surface area contributed by atoms with Crippen LogP contribution >= 0.6 is 0 Å². The minimum atomic E-state index is 0.492. The highest BCUT2D eigenvalue weighted by molar-refractivity contribution is 5.03. The minimum absolute atomic E-state index is 0.492. The van der Waals surface area contributed by atoms with E-state index in [-0.39, 0.29) is 0 Å². The van der Waals surface area contributed by atoms with Crippen molar-refractivity contribution in [3.8, 4) is 0 Å². The fourth-order valence-corrected chi connectivity index (χ4v) is 3.21. The molecule has 1 saturated heterocycles. The second-order valence-corrected chi connectivity index (χ2v) is 6.83. The van der Waals surface area contributed by atoms with Gasteiger partial charge in [0.2, 0.25) is 5.89 Å². The number of piperazine rings is 1. The molecule has 0 aromatic carbocycles. The van der Waals surface area contributed by atoms with Gasteiger partial charge in [-0.2, -0.15) is 4.98 Å². The highest BCUT2D eigenvalue weighted by Crippen LogP contribution is 2.38. The van der Waals surface area contributed by atoms with Crippen LogP contribution in [0, 0.1) is 0 Å². The highest BCUT2D eigenvalue weighted by atomic mass is 16.5. The molecule has 2 aromatic rings. The third-order valence-corrected chi connectivity index (χ3v) is 4.90. The summed E-state index contributed by atoms with van der Waals surface area (Å²) >= 11 is 0. The van der Waals surface area contributed by atoms with Crippen LogP contribution in [-0.4, -0.2) is 55.2 Å².